The Bertz CT molecular complexity index is 1030. The fourth-order valence-corrected chi connectivity index (χ4v) is 3.42. The predicted octanol–water partition coefficient (Wildman–Crippen LogP) is 4.33. The van der Waals surface area contributed by atoms with Crippen LogP contribution in [0.15, 0.2) is 66.7 Å². The van der Waals surface area contributed by atoms with E-state index in [2.05, 4.69) is 0 Å². The molecule has 1 aliphatic rings. The number of ketones is 1. The van der Waals surface area contributed by atoms with Gasteiger partial charge >= 0.3 is 6.09 Å². The van der Waals surface area contributed by atoms with E-state index in [1.807, 2.05) is 61.5 Å². The van der Waals surface area contributed by atoms with Gasteiger partial charge in [-0.1, -0.05) is 48.5 Å². The quantitative estimate of drug-likeness (QED) is 0.697. The second kappa shape index (κ2) is 7.21. The van der Waals surface area contributed by atoms with E-state index in [1.54, 1.807) is 10.6 Å². The Morgan fingerprint density at radius 3 is 2.63 bits per heavy atom. The highest BCUT2D eigenvalue weighted by Gasteiger charge is 2.26. The van der Waals surface area contributed by atoms with Crippen molar-refractivity contribution in [1.29, 1.82) is 0 Å². The monoisotopic (exact) mass is 361 g/mol. The minimum absolute atomic E-state index is 0.0402. The number of carbonyl (C=O) groups excluding carboxylic acids is 2. The van der Waals surface area contributed by atoms with Gasteiger partial charge < -0.3 is 9.47 Å². The van der Waals surface area contributed by atoms with Crippen LogP contribution in [0.1, 0.15) is 22.9 Å². The van der Waals surface area contributed by atoms with Crippen LogP contribution in [-0.4, -0.2) is 23.1 Å². The highest BCUT2D eigenvalue weighted by molar-refractivity contribution is 5.95. The number of para-hydroxylation sites is 1. The van der Waals surface area contributed by atoms with Crippen LogP contribution in [0.4, 0.5) is 4.79 Å². The topological polar surface area (TPSA) is 57.5 Å². The van der Waals surface area contributed by atoms with Crippen LogP contribution in [0.25, 0.3) is 10.9 Å². The molecule has 2 aromatic carbocycles. The van der Waals surface area contributed by atoms with E-state index in [9.17, 15) is 9.59 Å². The number of aromatic nitrogens is 1. The Balaban J connectivity index is 1.70. The summed E-state index contributed by atoms with van der Waals surface area (Å²) in [6.07, 6.45) is 2.47. The van der Waals surface area contributed by atoms with Crippen molar-refractivity contribution in [3.63, 3.8) is 0 Å². The smallest absolute Gasteiger partial charge is 0.419 e. The van der Waals surface area contributed by atoms with E-state index >= 15 is 0 Å². The summed E-state index contributed by atoms with van der Waals surface area (Å²) in [5.74, 6) is -0.0603. The Morgan fingerprint density at radius 2 is 1.89 bits per heavy atom. The van der Waals surface area contributed by atoms with Gasteiger partial charge in [0.25, 0.3) is 0 Å². The first-order chi connectivity index (χ1) is 13.1. The Kier molecular flexibility index (Phi) is 4.60. The first-order valence-electron chi connectivity index (χ1n) is 8.79. The molecule has 0 unspecified atom stereocenters. The summed E-state index contributed by atoms with van der Waals surface area (Å²) in [6.45, 7) is 2.11. The van der Waals surface area contributed by atoms with Crippen molar-refractivity contribution in [3.05, 3.63) is 83.6 Å². The fourth-order valence-electron chi connectivity index (χ4n) is 3.42. The molecule has 5 nitrogen and oxygen atoms in total. The number of hydrogen-bond donors (Lipinski definition) is 0. The van der Waals surface area contributed by atoms with E-state index in [1.165, 1.54) is 6.08 Å². The van der Waals surface area contributed by atoms with Gasteiger partial charge in [-0.25, -0.2) is 9.36 Å². The normalized spacial score (nSPS) is 16.6. The lowest BCUT2D eigenvalue weighted by molar-refractivity contribution is -0.121. The Labute approximate surface area is 156 Å². The van der Waals surface area contributed by atoms with Gasteiger partial charge in [0.1, 0.15) is 19.3 Å². The maximum absolute atomic E-state index is 12.8. The summed E-state index contributed by atoms with van der Waals surface area (Å²) in [7, 11) is 0. The third-order valence-corrected chi connectivity index (χ3v) is 4.69. The molecule has 1 atom stereocenters. The molecule has 0 spiro atoms. The van der Waals surface area contributed by atoms with Gasteiger partial charge in [-0.3, -0.25) is 4.79 Å². The van der Waals surface area contributed by atoms with Gasteiger partial charge in [0.15, 0.2) is 5.78 Å². The number of ether oxygens (including phenoxy) is 2. The molecule has 0 aliphatic carbocycles. The SMILES string of the molecule is Cc1c([C@@H]2C=CC(=O)CO2)c2ccccc2n1C(=O)OCc1ccccc1. The molecule has 4 rings (SSSR count). The highest BCUT2D eigenvalue weighted by Crippen LogP contribution is 2.34. The van der Waals surface area contributed by atoms with Gasteiger partial charge in [0.2, 0.25) is 0 Å². The molecule has 0 radical (unpaired) electrons. The Morgan fingerprint density at radius 1 is 1.15 bits per heavy atom. The molecule has 27 heavy (non-hydrogen) atoms. The number of rotatable bonds is 3. The molecular weight excluding hydrogens is 342 g/mol. The van der Waals surface area contributed by atoms with Crippen LogP contribution in [0, 0.1) is 6.92 Å². The van der Waals surface area contributed by atoms with Crippen LogP contribution in [0.2, 0.25) is 0 Å². The van der Waals surface area contributed by atoms with Crippen molar-refractivity contribution >= 4 is 22.8 Å². The van der Waals surface area contributed by atoms with Crippen molar-refractivity contribution in [2.75, 3.05) is 6.61 Å². The maximum atomic E-state index is 12.8. The zero-order valence-corrected chi connectivity index (χ0v) is 14.9. The van der Waals surface area contributed by atoms with Crippen LogP contribution >= 0.6 is 0 Å². The number of fused-ring (bicyclic) bond motifs is 1. The molecule has 0 saturated heterocycles. The average molecular weight is 361 g/mol. The maximum Gasteiger partial charge on any atom is 0.419 e. The van der Waals surface area contributed by atoms with Gasteiger partial charge in [-0.05, 0) is 30.7 Å². The summed E-state index contributed by atoms with van der Waals surface area (Å²) in [6, 6.07) is 17.2. The third kappa shape index (κ3) is 3.29. The van der Waals surface area contributed by atoms with E-state index in [0.29, 0.717) is 0 Å². The second-order valence-electron chi connectivity index (χ2n) is 6.45. The minimum atomic E-state index is -0.435. The van der Waals surface area contributed by atoms with E-state index in [0.717, 1.165) is 27.7 Å². The van der Waals surface area contributed by atoms with Crippen molar-refractivity contribution < 1.29 is 19.1 Å². The first-order valence-corrected chi connectivity index (χ1v) is 8.79. The van der Waals surface area contributed by atoms with E-state index in [-0.39, 0.29) is 25.1 Å². The van der Waals surface area contributed by atoms with Gasteiger partial charge in [0.05, 0.1) is 5.52 Å². The molecule has 0 N–H and O–H groups in total. The molecule has 0 saturated carbocycles. The van der Waals surface area contributed by atoms with Crippen molar-refractivity contribution in [1.82, 2.24) is 4.57 Å². The van der Waals surface area contributed by atoms with Crippen LogP contribution < -0.4 is 0 Å². The fraction of sp³-hybridized carbons (Fsp3) is 0.182. The van der Waals surface area contributed by atoms with Crippen molar-refractivity contribution in [2.24, 2.45) is 0 Å². The average Bonchev–Trinajstić information content (AvgIpc) is 2.99. The number of carbonyl (C=O) groups is 2. The zero-order chi connectivity index (χ0) is 18.8. The molecule has 1 aromatic heterocycles. The summed E-state index contributed by atoms with van der Waals surface area (Å²) in [5.41, 5.74) is 3.32. The highest BCUT2D eigenvalue weighted by atomic mass is 16.5. The molecule has 136 valence electrons. The number of nitrogens with zero attached hydrogens (tertiary/aromatic N) is 1. The van der Waals surface area contributed by atoms with Crippen LogP contribution in [0.5, 0.6) is 0 Å². The summed E-state index contributed by atoms with van der Waals surface area (Å²) < 4.78 is 12.8. The van der Waals surface area contributed by atoms with Crippen molar-refractivity contribution in [2.45, 2.75) is 19.6 Å². The minimum Gasteiger partial charge on any atom is -0.444 e. The van der Waals surface area contributed by atoms with Gasteiger partial charge in [-0.2, -0.15) is 0 Å². The molecule has 1 aliphatic heterocycles. The lowest BCUT2D eigenvalue weighted by Gasteiger charge is -2.18. The number of hydrogen-bond acceptors (Lipinski definition) is 4. The lowest BCUT2D eigenvalue weighted by atomic mass is 10.0. The van der Waals surface area contributed by atoms with E-state index in [4.69, 9.17) is 9.47 Å². The predicted molar refractivity (Wildman–Crippen MR) is 102 cm³/mol. The molecule has 5 heteroatoms. The second-order valence-corrected chi connectivity index (χ2v) is 6.45. The molecule has 0 bridgehead atoms. The lowest BCUT2D eigenvalue weighted by Crippen LogP contribution is -2.17. The van der Waals surface area contributed by atoms with E-state index < -0.39 is 6.09 Å². The third-order valence-electron chi connectivity index (χ3n) is 4.69. The van der Waals surface area contributed by atoms with Crippen LogP contribution in [0.3, 0.4) is 0 Å². The zero-order valence-electron chi connectivity index (χ0n) is 14.9. The van der Waals surface area contributed by atoms with Gasteiger partial charge in [0, 0.05) is 16.6 Å². The summed E-state index contributed by atoms with van der Waals surface area (Å²) in [5, 5.41) is 0.913. The number of benzene rings is 2. The molecule has 0 amide bonds. The summed E-state index contributed by atoms with van der Waals surface area (Å²) in [4.78, 5) is 24.3. The molecule has 2 heterocycles. The van der Waals surface area contributed by atoms with Crippen LogP contribution in [-0.2, 0) is 20.9 Å². The largest absolute Gasteiger partial charge is 0.444 e. The molecular formula is C22H19NO4. The standard InChI is InChI=1S/C22H19NO4/c1-15-21(20-12-11-17(24)14-26-20)18-9-5-6-10-19(18)23(15)22(25)27-13-16-7-3-2-4-8-16/h2-12,20H,13-14H2,1H3/t20-/m0/s1. The molecule has 0 fully saturated rings. The summed E-state index contributed by atoms with van der Waals surface area (Å²) >= 11 is 0. The molecule has 3 aromatic rings. The van der Waals surface area contributed by atoms with Crippen molar-refractivity contribution in [3.8, 4) is 0 Å². The Hall–Kier alpha value is -3.18. The van der Waals surface area contributed by atoms with Gasteiger partial charge in [-0.15, -0.1) is 0 Å². The first kappa shape index (κ1) is 17.2.